The smallest absolute Gasteiger partial charge is 0.192 e. The summed E-state index contributed by atoms with van der Waals surface area (Å²) in [4.78, 5) is 0. The molecular formula is C11H26N2OSi. The van der Waals surface area contributed by atoms with Crippen LogP contribution < -0.4 is 11.5 Å². The van der Waals surface area contributed by atoms with E-state index in [2.05, 4.69) is 20.4 Å². The predicted molar refractivity (Wildman–Crippen MR) is 67.0 cm³/mol. The van der Waals surface area contributed by atoms with Crippen LogP contribution in [-0.4, -0.2) is 20.1 Å². The molecule has 3 nitrogen and oxygen atoms in total. The lowest BCUT2D eigenvalue weighted by Gasteiger charge is -2.46. The molecule has 3 atom stereocenters. The summed E-state index contributed by atoms with van der Waals surface area (Å²) in [6.07, 6.45) is 2.08. The maximum Gasteiger partial charge on any atom is 0.192 e. The van der Waals surface area contributed by atoms with Crippen molar-refractivity contribution in [1.82, 2.24) is 0 Å². The summed E-state index contributed by atoms with van der Waals surface area (Å²) in [6.45, 7) is 8.76. The van der Waals surface area contributed by atoms with Crippen LogP contribution in [-0.2, 0) is 4.43 Å². The predicted octanol–water partition coefficient (Wildman–Crippen LogP) is 2.03. The summed E-state index contributed by atoms with van der Waals surface area (Å²) in [5, 5.41) is 0. The zero-order valence-electron chi connectivity index (χ0n) is 10.5. The lowest BCUT2D eigenvalue weighted by molar-refractivity contribution is 0.0180. The summed E-state index contributed by atoms with van der Waals surface area (Å²) >= 11 is 0. The van der Waals surface area contributed by atoms with Gasteiger partial charge in [0.05, 0.1) is 0 Å². The Hall–Kier alpha value is 0.0969. The molecule has 15 heavy (non-hydrogen) atoms. The Morgan fingerprint density at radius 2 is 2.00 bits per heavy atom. The standard InChI is InChI=1S/C11H26N2OSi/c1-9(2)8-15(4)7-5-6-11(13,14-15)10(3)12/h9-10H,5-8,12-13H2,1-4H3. The monoisotopic (exact) mass is 230 g/mol. The van der Waals surface area contributed by atoms with Gasteiger partial charge in [-0.1, -0.05) is 13.8 Å². The largest absolute Gasteiger partial charge is 0.398 e. The SMILES string of the molecule is CC(C)C[Si]1(C)CCCC(N)(C(C)N)O1. The third-order valence-corrected chi connectivity index (χ3v) is 7.28. The molecule has 0 spiro atoms. The number of hydrogen-bond donors (Lipinski definition) is 2. The quantitative estimate of drug-likeness (QED) is 0.729. The highest BCUT2D eigenvalue weighted by molar-refractivity contribution is 6.72. The number of hydrogen-bond acceptors (Lipinski definition) is 3. The summed E-state index contributed by atoms with van der Waals surface area (Å²) in [6, 6.07) is 2.35. The minimum atomic E-state index is -1.60. The van der Waals surface area contributed by atoms with Gasteiger partial charge in [0.1, 0.15) is 5.72 Å². The van der Waals surface area contributed by atoms with E-state index in [0.717, 1.165) is 6.42 Å². The van der Waals surface area contributed by atoms with Gasteiger partial charge in [0, 0.05) is 6.04 Å². The second-order valence-corrected chi connectivity index (χ2v) is 9.76. The van der Waals surface area contributed by atoms with Crippen molar-refractivity contribution < 1.29 is 4.43 Å². The van der Waals surface area contributed by atoms with E-state index in [1.54, 1.807) is 0 Å². The maximum atomic E-state index is 6.24. The van der Waals surface area contributed by atoms with Gasteiger partial charge >= 0.3 is 0 Å². The molecule has 1 aliphatic heterocycles. The summed E-state index contributed by atoms with van der Waals surface area (Å²) in [5.74, 6) is 0.692. The Kier molecular flexibility index (Phi) is 3.98. The molecule has 0 aromatic heterocycles. The highest BCUT2D eigenvalue weighted by Gasteiger charge is 2.44. The van der Waals surface area contributed by atoms with Gasteiger partial charge in [-0.2, -0.15) is 0 Å². The molecule has 0 aromatic rings. The Morgan fingerprint density at radius 1 is 1.40 bits per heavy atom. The van der Waals surface area contributed by atoms with E-state index in [9.17, 15) is 0 Å². The first kappa shape index (κ1) is 13.2. The van der Waals surface area contributed by atoms with E-state index < -0.39 is 14.0 Å². The van der Waals surface area contributed by atoms with Gasteiger partial charge in [-0.15, -0.1) is 0 Å². The molecule has 0 radical (unpaired) electrons. The fraction of sp³-hybridized carbons (Fsp3) is 1.00. The van der Waals surface area contributed by atoms with Gasteiger partial charge in [0.25, 0.3) is 0 Å². The van der Waals surface area contributed by atoms with Crippen LogP contribution in [0.15, 0.2) is 0 Å². The van der Waals surface area contributed by atoms with E-state index in [1.807, 2.05) is 6.92 Å². The summed E-state index contributed by atoms with van der Waals surface area (Å²) < 4.78 is 6.23. The van der Waals surface area contributed by atoms with Gasteiger partial charge in [-0.05, 0) is 44.3 Å². The van der Waals surface area contributed by atoms with E-state index in [1.165, 1.54) is 18.5 Å². The molecule has 1 aliphatic rings. The fourth-order valence-electron chi connectivity index (χ4n) is 2.63. The number of rotatable bonds is 3. The Balaban J connectivity index is 2.70. The van der Waals surface area contributed by atoms with Crippen molar-refractivity contribution in [1.29, 1.82) is 0 Å². The van der Waals surface area contributed by atoms with Crippen molar-refractivity contribution in [3.05, 3.63) is 0 Å². The topological polar surface area (TPSA) is 61.3 Å². The fourth-order valence-corrected chi connectivity index (χ4v) is 6.87. The van der Waals surface area contributed by atoms with Crippen LogP contribution in [0.1, 0.15) is 33.6 Å². The lowest BCUT2D eigenvalue weighted by atomic mass is 10.0. The van der Waals surface area contributed by atoms with Crippen molar-refractivity contribution >= 4 is 8.32 Å². The minimum Gasteiger partial charge on any atom is -0.398 e. The molecule has 3 unspecified atom stereocenters. The normalized spacial score (nSPS) is 39.4. The van der Waals surface area contributed by atoms with E-state index in [-0.39, 0.29) is 6.04 Å². The number of nitrogens with two attached hydrogens (primary N) is 2. The second-order valence-electron chi connectivity index (χ2n) is 5.75. The molecule has 0 saturated carbocycles. The van der Waals surface area contributed by atoms with E-state index in [4.69, 9.17) is 15.9 Å². The van der Waals surface area contributed by atoms with Crippen LogP contribution in [0.4, 0.5) is 0 Å². The molecule has 1 heterocycles. The van der Waals surface area contributed by atoms with Gasteiger partial charge in [0.2, 0.25) is 0 Å². The summed E-state index contributed by atoms with van der Waals surface area (Å²) in [5.41, 5.74) is 11.6. The molecule has 0 amide bonds. The van der Waals surface area contributed by atoms with Crippen molar-refractivity contribution in [3.63, 3.8) is 0 Å². The maximum absolute atomic E-state index is 6.24. The van der Waals surface area contributed by atoms with E-state index in [0.29, 0.717) is 5.92 Å². The molecule has 1 fully saturated rings. The third-order valence-electron chi connectivity index (χ3n) is 3.32. The van der Waals surface area contributed by atoms with Crippen LogP contribution in [0.3, 0.4) is 0 Å². The van der Waals surface area contributed by atoms with Gasteiger partial charge < -0.3 is 15.9 Å². The van der Waals surface area contributed by atoms with Gasteiger partial charge in [-0.3, -0.25) is 0 Å². The zero-order valence-corrected chi connectivity index (χ0v) is 11.5. The van der Waals surface area contributed by atoms with Crippen molar-refractivity contribution in [2.45, 2.75) is 64.0 Å². The van der Waals surface area contributed by atoms with Crippen molar-refractivity contribution in [2.24, 2.45) is 17.4 Å². The molecule has 1 saturated heterocycles. The van der Waals surface area contributed by atoms with Crippen LogP contribution in [0.5, 0.6) is 0 Å². The second kappa shape index (κ2) is 4.53. The zero-order chi connectivity index (χ0) is 11.7. The first-order valence-corrected chi connectivity index (χ1v) is 8.84. The molecule has 90 valence electrons. The van der Waals surface area contributed by atoms with Crippen LogP contribution in [0, 0.1) is 5.92 Å². The molecule has 0 bridgehead atoms. The first-order chi connectivity index (χ1) is 6.77. The van der Waals surface area contributed by atoms with E-state index >= 15 is 0 Å². The van der Waals surface area contributed by atoms with Crippen molar-refractivity contribution in [2.75, 3.05) is 0 Å². The average Bonchev–Trinajstić information content (AvgIpc) is 2.00. The lowest BCUT2D eigenvalue weighted by Crippen LogP contribution is -2.63. The first-order valence-electron chi connectivity index (χ1n) is 6.02. The Morgan fingerprint density at radius 3 is 2.47 bits per heavy atom. The Bertz CT molecular complexity index is 223. The van der Waals surface area contributed by atoms with Gasteiger partial charge in [0.15, 0.2) is 8.32 Å². The van der Waals surface area contributed by atoms with Crippen LogP contribution >= 0.6 is 0 Å². The molecule has 0 aromatic carbocycles. The molecular weight excluding hydrogens is 204 g/mol. The van der Waals surface area contributed by atoms with Crippen LogP contribution in [0.2, 0.25) is 18.6 Å². The van der Waals surface area contributed by atoms with Crippen molar-refractivity contribution in [3.8, 4) is 0 Å². The summed E-state index contributed by atoms with van der Waals surface area (Å²) in [7, 11) is -1.60. The average molecular weight is 230 g/mol. The minimum absolute atomic E-state index is 0.0724. The molecule has 4 heteroatoms. The molecule has 4 N–H and O–H groups in total. The highest BCUT2D eigenvalue weighted by Crippen LogP contribution is 2.35. The molecule has 0 aliphatic carbocycles. The Labute approximate surface area is 94.7 Å². The van der Waals surface area contributed by atoms with Gasteiger partial charge in [-0.25, -0.2) is 0 Å². The third kappa shape index (κ3) is 3.28. The highest BCUT2D eigenvalue weighted by atomic mass is 28.4. The van der Waals surface area contributed by atoms with Crippen LogP contribution in [0.25, 0.3) is 0 Å². The molecule has 1 rings (SSSR count).